The lowest BCUT2D eigenvalue weighted by molar-refractivity contribution is 0.138. The lowest BCUT2D eigenvalue weighted by Gasteiger charge is -2.28. The van der Waals surface area contributed by atoms with Crippen LogP contribution in [0.5, 0.6) is 0 Å². The average Bonchev–Trinajstić information content (AvgIpc) is 2.14. The summed E-state index contributed by atoms with van der Waals surface area (Å²) in [5, 5.41) is 0. The van der Waals surface area contributed by atoms with Gasteiger partial charge in [0.05, 0.1) is 11.6 Å². The fourth-order valence-corrected chi connectivity index (χ4v) is 2.05. The van der Waals surface area contributed by atoms with Crippen LogP contribution in [-0.4, -0.2) is 17.2 Å². The molecule has 2 unspecified atom stereocenters. The van der Waals surface area contributed by atoms with Gasteiger partial charge in [0.25, 0.3) is 0 Å². The van der Waals surface area contributed by atoms with Crippen molar-refractivity contribution in [1.29, 1.82) is 0 Å². The van der Waals surface area contributed by atoms with Crippen LogP contribution < -0.4 is 0 Å². The molecule has 0 aliphatic rings. The molecule has 0 amide bonds. The number of allylic oxidation sites excluding steroid dienone is 1. The van der Waals surface area contributed by atoms with Crippen LogP contribution in [0.15, 0.2) is 25.3 Å². The fourth-order valence-electron chi connectivity index (χ4n) is 0.935. The van der Waals surface area contributed by atoms with Gasteiger partial charge in [-0.05, 0) is 13.8 Å². The lowest BCUT2D eigenvalue weighted by Crippen LogP contribution is -2.28. The normalized spacial score (nSPS) is 17.2. The third-order valence-electron chi connectivity index (χ3n) is 1.94. The Morgan fingerprint density at radius 2 is 2.20 bits per heavy atom. The first-order valence-electron chi connectivity index (χ1n) is 4.50. The monoisotopic (exact) mass is 228 g/mol. The highest BCUT2D eigenvalue weighted by atomic mass is 31.2. The summed E-state index contributed by atoms with van der Waals surface area (Å²) in [6.45, 7) is 10.4. The van der Waals surface area contributed by atoms with Gasteiger partial charge < -0.3 is 4.89 Å². The molecule has 0 spiro atoms. The topological polar surface area (TPSA) is 46.5 Å². The minimum Gasteiger partial charge on any atom is -0.324 e. The van der Waals surface area contributed by atoms with Crippen molar-refractivity contribution in [2.45, 2.75) is 20.0 Å². The van der Waals surface area contributed by atoms with Gasteiger partial charge in [-0.2, -0.15) is 0 Å². The highest BCUT2D eigenvalue weighted by Crippen LogP contribution is 2.46. The standard InChI is InChI=1S/C11H17O3P/c1-6-9-15(12,13)14-10(7-2)11(4,5)8-3/h3,6-7,10H,1-2,9H2,4-5H3,(H,12,13). The van der Waals surface area contributed by atoms with E-state index in [-0.39, 0.29) is 6.16 Å². The van der Waals surface area contributed by atoms with E-state index in [0.717, 1.165) is 0 Å². The lowest BCUT2D eigenvalue weighted by atomic mass is 9.88. The molecule has 0 radical (unpaired) electrons. The van der Waals surface area contributed by atoms with Gasteiger partial charge >= 0.3 is 7.60 Å². The number of hydrogen-bond acceptors (Lipinski definition) is 2. The molecule has 0 aliphatic carbocycles. The summed E-state index contributed by atoms with van der Waals surface area (Å²) >= 11 is 0. The van der Waals surface area contributed by atoms with E-state index < -0.39 is 19.1 Å². The van der Waals surface area contributed by atoms with Crippen molar-refractivity contribution in [2.75, 3.05) is 6.16 Å². The van der Waals surface area contributed by atoms with E-state index in [1.54, 1.807) is 13.8 Å². The second-order valence-electron chi connectivity index (χ2n) is 3.74. The van der Waals surface area contributed by atoms with Crippen LogP contribution in [0.2, 0.25) is 0 Å². The quantitative estimate of drug-likeness (QED) is 0.432. The summed E-state index contributed by atoms with van der Waals surface area (Å²) in [5.74, 6) is 2.50. The smallest absolute Gasteiger partial charge is 0.324 e. The van der Waals surface area contributed by atoms with Crippen molar-refractivity contribution in [2.24, 2.45) is 5.41 Å². The Morgan fingerprint density at radius 1 is 1.67 bits per heavy atom. The molecule has 0 saturated heterocycles. The maximum absolute atomic E-state index is 11.5. The van der Waals surface area contributed by atoms with Crippen molar-refractivity contribution >= 4 is 7.60 Å². The van der Waals surface area contributed by atoms with E-state index in [2.05, 4.69) is 19.1 Å². The summed E-state index contributed by atoms with van der Waals surface area (Å²) in [7, 11) is -3.66. The molecule has 0 aromatic rings. The largest absolute Gasteiger partial charge is 0.332 e. The van der Waals surface area contributed by atoms with Crippen LogP contribution in [0.1, 0.15) is 13.8 Å². The first-order valence-corrected chi connectivity index (χ1v) is 6.27. The zero-order valence-corrected chi connectivity index (χ0v) is 10.0. The van der Waals surface area contributed by atoms with Crippen molar-refractivity contribution in [1.82, 2.24) is 0 Å². The molecule has 0 rings (SSSR count). The Labute approximate surface area is 91.4 Å². The molecule has 15 heavy (non-hydrogen) atoms. The average molecular weight is 228 g/mol. The molecule has 0 aliphatic heterocycles. The van der Waals surface area contributed by atoms with Gasteiger partial charge in [0.1, 0.15) is 6.10 Å². The third kappa shape index (κ3) is 4.48. The summed E-state index contributed by atoms with van der Waals surface area (Å²) in [6, 6.07) is 0. The molecule has 0 heterocycles. The molecule has 0 fully saturated rings. The van der Waals surface area contributed by atoms with Gasteiger partial charge in [-0.25, -0.2) is 0 Å². The summed E-state index contributed by atoms with van der Waals surface area (Å²) < 4.78 is 16.6. The van der Waals surface area contributed by atoms with E-state index in [1.807, 2.05) is 0 Å². The second kappa shape index (κ2) is 5.32. The van der Waals surface area contributed by atoms with E-state index in [9.17, 15) is 9.46 Å². The van der Waals surface area contributed by atoms with Gasteiger partial charge in [-0.1, -0.05) is 18.1 Å². The third-order valence-corrected chi connectivity index (χ3v) is 3.21. The number of terminal acetylenes is 1. The van der Waals surface area contributed by atoms with Gasteiger partial charge in [0.15, 0.2) is 0 Å². The molecule has 0 saturated carbocycles. The highest BCUT2D eigenvalue weighted by molar-refractivity contribution is 7.53. The SMILES string of the molecule is C#CC(C)(C)C(C=C)OP(=O)(O)CC=C. The molecule has 3 nitrogen and oxygen atoms in total. The van der Waals surface area contributed by atoms with Crippen molar-refractivity contribution < 1.29 is 14.0 Å². The number of hydrogen-bond donors (Lipinski definition) is 1. The first-order chi connectivity index (χ1) is 6.79. The van der Waals surface area contributed by atoms with Crippen molar-refractivity contribution in [3.63, 3.8) is 0 Å². The molecule has 0 aromatic heterocycles. The molecule has 0 aromatic carbocycles. The molecule has 1 N–H and O–H groups in total. The Bertz CT molecular complexity index is 325. The van der Waals surface area contributed by atoms with Gasteiger partial charge in [-0.3, -0.25) is 9.09 Å². The van der Waals surface area contributed by atoms with E-state index >= 15 is 0 Å². The molecule has 4 heteroatoms. The summed E-state index contributed by atoms with van der Waals surface area (Å²) in [6.07, 6.45) is 7.33. The first kappa shape index (κ1) is 14.2. The Hall–Kier alpha value is -0.810. The van der Waals surface area contributed by atoms with Crippen LogP contribution in [-0.2, 0) is 9.09 Å². The van der Waals surface area contributed by atoms with Crippen LogP contribution >= 0.6 is 7.60 Å². The maximum Gasteiger partial charge on any atom is 0.332 e. The highest BCUT2D eigenvalue weighted by Gasteiger charge is 2.32. The number of rotatable bonds is 6. The summed E-state index contributed by atoms with van der Waals surface area (Å²) in [5.41, 5.74) is -0.665. The van der Waals surface area contributed by atoms with Gasteiger partial charge in [-0.15, -0.1) is 19.6 Å². The van der Waals surface area contributed by atoms with E-state index in [4.69, 9.17) is 10.9 Å². The van der Waals surface area contributed by atoms with Crippen LogP contribution in [0, 0.1) is 17.8 Å². The van der Waals surface area contributed by atoms with Crippen LogP contribution in [0.25, 0.3) is 0 Å². The maximum atomic E-state index is 11.5. The van der Waals surface area contributed by atoms with Crippen molar-refractivity contribution in [3.05, 3.63) is 25.3 Å². The van der Waals surface area contributed by atoms with Gasteiger partial charge in [0.2, 0.25) is 0 Å². The summed E-state index contributed by atoms with van der Waals surface area (Å²) in [4.78, 5) is 9.42. The molecule has 0 bridgehead atoms. The molecular weight excluding hydrogens is 211 g/mol. The van der Waals surface area contributed by atoms with Crippen LogP contribution in [0.3, 0.4) is 0 Å². The van der Waals surface area contributed by atoms with Crippen LogP contribution in [0.4, 0.5) is 0 Å². The fraction of sp³-hybridized carbons (Fsp3) is 0.455. The molecule has 2 atom stereocenters. The molecule has 84 valence electrons. The zero-order chi connectivity index (χ0) is 12.1. The van der Waals surface area contributed by atoms with Crippen molar-refractivity contribution in [3.8, 4) is 12.3 Å². The predicted octanol–water partition coefficient (Wildman–Crippen LogP) is 2.59. The zero-order valence-electron chi connectivity index (χ0n) is 9.14. The van der Waals surface area contributed by atoms with E-state index in [0.29, 0.717) is 0 Å². The minimum atomic E-state index is -3.66. The van der Waals surface area contributed by atoms with E-state index in [1.165, 1.54) is 12.2 Å². The molecular formula is C11H17O3P. The Morgan fingerprint density at radius 3 is 2.53 bits per heavy atom. The predicted molar refractivity (Wildman–Crippen MR) is 62.6 cm³/mol. The Balaban J connectivity index is 4.76. The Kier molecular flexibility index (Phi) is 5.03. The van der Waals surface area contributed by atoms with Gasteiger partial charge in [0, 0.05) is 0 Å². The second-order valence-corrected chi connectivity index (χ2v) is 5.59. The minimum absolute atomic E-state index is 0.0992.